The van der Waals surface area contributed by atoms with E-state index in [9.17, 15) is 14.7 Å². The molecule has 0 radical (unpaired) electrons. The molecule has 1 aromatic carbocycles. The summed E-state index contributed by atoms with van der Waals surface area (Å²) >= 11 is 3.20. The molecule has 9 heteroatoms. The van der Waals surface area contributed by atoms with E-state index in [4.69, 9.17) is 9.94 Å². The predicted molar refractivity (Wildman–Crippen MR) is 85.6 cm³/mol. The van der Waals surface area contributed by atoms with E-state index in [1.54, 1.807) is 12.1 Å². The number of phenols is 1. The molecular weight excluding hydrogens is 370 g/mol. The van der Waals surface area contributed by atoms with Gasteiger partial charge in [-0.2, -0.15) is 0 Å². The second-order valence-electron chi connectivity index (χ2n) is 5.02. The fourth-order valence-corrected chi connectivity index (χ4v) is 2.51. The van der Waals surface area contributed by atoms with E-state index in [0.717, 1.165) is 5.56 Å². The molecule has 23 heavy (non-hydrogen) atoms. The Morgan fingerprint density at radius 3 is 2.65 bits per heavy atom. The molecule has 8 nitrogen and oxygen atoms in total. The number of oxime groups is 1. The van der Waals surface area contributed by atoms with Crippen molar-refractivity contribution in [1.82, 2.24) is 10.6 Å². The van der Waals surface area contributed by atoms with Gasteiger partial charge < -0.3 is 25.7 Å². The van der Waals surface area contributed by atoms with E-state index in [-0.39, 0.29) is 24.8 Å². The molecule has 124 valence electrons. The number of benzene rings is 1. The first kappa shape index (κ1) is 17.1. The maximum Gasteiger partial charge on any atom is 0.405 e. The highest BCUT2D eigenvalue weighted by molar-refractivity contribution is 9.18. The van der Waals surface area contributed by atoms with Crippen LogP contribution in [-0.4, -0.2) is 45.5 Å². The average Bonchev–Trinajstić information content (AvgIpc) is 2.91. The Kier molecular flexibility index (Phi) is 5.80. The summed E-state index contributed by atoms with van der Waals surface area (Å²) in [5, 5.41) is 26.7. The quantitative estimate of drug-likeness (QED) is 0.585. The monoisotopic (exact) mass is 385 g/mol. The lowest BCUT2D eigenvalue weighted by Gasteiger charge is -2.18. The largest absolute Gasteiger partial charge is 0.508 e. The minimum Gasteiger partial charge on any atom is -0.508 e. The maximum atomic E-state index is 12.2. The van der Waals surface area contributed by atoms with Crippen LogP contribution < -0.4 is 10.6 Å². The Hall–Kier alpha value is -2.29. The molecule has 0 fully saturated rings. The number of nitrogens with one attached hydrogen (secondary N) is 2. The van der Waals surface area contributed by atoms with Crippen LogP contribution in [0.3, 0.4) is 0 Å². The van der Waals surface area contributed by atoms with Crippen molar-refractivity contribution in [3.63, 3.8) is 0 Å². The summed E-state index contributed by atoms with van der Waals surface area (Å²) in [5.74, 6) is -0.350. The standard InChI is InChI=1S/C14H16BrN3O5/c15-12-6-10(23-18-12)7-16-13(20)11(17-14(21)22)5-8-1-3-9(19)4-2-8/h1-4,10-11,17,19H,5-7H2,(H,16,20)(H,21,22)/t10-,11?/m0/s1. The topological polar surface area (TPSA) is 120 Å². The second kappa shape index (κ2) is 7.82. The number of aromatic hydroxyl groups is 1. The van der Waals surface area contributed by atoms with Crippen molar-refractivity contribution in [2.45, 2.75) is 25.0 Å². The molecular formula is C14H16BrN3O5. The van der Waals surface area contributed by atoms with Crippen LogP contribution in [0.5, 0.6) is 5.75 Å². The Bertz CT molecular complexity index is 605. The molecule has 1 heterocycles. The van der Waals surface area contributed by atoms with Crippen LogP contribution in [0.15, 0.2) is 29.4 Å². The highest BCUT2D eigenvalue weighted by Gasteiger charge is 2.24. The zero-order valence-corrected chi connectivity index (χ0v) is 13.6. The van der Waals surface area contributed by atoms with E-state index < -0.39 is 18.0 Å². The first-order valence-electron chi connectivity index (χ1n) is 6.87. The highest BCUT2D eigenvalue weighted by atomic mass is 79.9. The van der Waals surface area contributed by atoms with Crippen molar-refractivity contribution in [2.75, 3.05) is 6.54 Å². The Morgan fingerprint density at radius 2 is 2.09 bits per heavy atom. The number of nitrogens with zero attached hydrogens (tertiary/aromatic N) is 1. The lowest BCUT2D eigenvalue weighted by atomic mass is 10.1. The van der Waals surface area contributed by atoms with Gasteiger partial charge in [0.15, 0.2) is 6.10 Å². The third-order valence-corrected chi connectivity index (χ3v) is 3.66. The van der Waals surface area contributed by atoms with Gasteiger partial charge in [0, 0.05) is 12.8 Å². The minimum absolute atomic E-state index is 0.102. The van der Waals surface area contributed by atoms with Crippen molar-refractivity contribution < 1.29 is 24.6 Å². The third kappa shape index (κ3) is 5.44. The molecule has 1 aromatic rings. The van der Waals surface area contributed by atoms with Crippen molar-refractivity contribution in [2.24, 2.45) is 5.16 Å². The maximum absolute atomic E-state index is 12.2. The summed E-state index contributed by atoms with van der Waals surface area (Å²) < 4.78 is 0.668. The Balaban J connectivity index is 1.92. The molecule has 0 spiro atoms. The summed E-state index contributed by atoms with van der Waals surface area (Å²) in [5.41, 5.74) is 0.722. The van der Waals surface area contributed by atoms with Crippen LogP contribution in [0.4, 0.5) is 4.79 Å². The zero-order chi connectivity index (χ0) is 16.8. The van der Waals surface area contributed by atoms with E-state index in [2.05, 4.69) is 31.7 Å². The summed E-state index contributed by atoms with van der Waals surface area (Å²) in [7, 11) is 0. The lowest BCUT2D eigenvalue weighted by molar-refractivity contribution is -0.123. The summed E-state index contributed by atoms with van der Waals surface area (Å²) in [4.78, 5) is 28.1. The number of rotatable bonds is 6. The van der Waals surface area contributed by atoms with Crippen molar-refractivity contribution >= 4 is 32.6 Å². The average molecular weight is 386 g/mol. The van der Waals surface area contributed by atoms with Crippen molar-refractivity contribution in [3.05, 3.63) is 29.8 Å². The van der Waals surface area contributed by atoms with Gasteiger partial charge in [-0.1, -0.05) is 17.3 Å². The molecule has 2 amide bonds. The van der Waals surface area contributed by atoms with Crippen LogP contribution in [-0.2, 0) is 16.1 Å². The molecule has 0 aromatic heterocycles. The number of halogens is 1. The van der Waals surface area contributed by atoms with E-state index in [0.29, 0.717) is 11.0 Å². The fourth-order valence-electron chi connectivity index (χ4n) is 2.07. The van der Waals surface area contributed by atoms with Gasteiger partial charge in [-0.05, 0) is 33.6 Å². The van der Waals surface area contributed by atoms with Crippen LogP contribution in [0.25, 0.3) is 0 Å². The molecule has 1 aliphatic rings. The zero-order valence-electron chi connectivity index (χ0n) is 12.0. The molecule has 2 atom stereocenters. The van der Waals surface area contributed by atoms with Gasteiger partial charge in [0.2, 0.25) is 5.91 Å². The van der Waals surface area contributed by atoms with Gasteiger partial charge in [0.05, 0.1) is 6.54 Å². The van der Waals surface area contributed by atoms with Gasteiger partial charge in [-0.15, -0.1) is 0 Å². The van der Waals surface area contributed by atoms with Gasteiger partial charge in [-0.25, -0.2) is 4.79 Å². The minimum atomic E-state index is -1.29. The normalized spacial score (nSPS) is 17.8. The molecule has 0 bridgehead atoms. The molecule has 0 saturated carbocycles. The van der Waals surface area contributed by atoms with E-state index in [1.807, 2.05) is 0 Å². The number of carbonyl (C=O) groups is 2. The molecule has 1 unspecified atom stereocenters. The first-order valence-corrected chi connectivity index (χ1v) is 7.66. The van der Waals surface area contributed by atoms with Crippen molar-refractivity contribution in [1.29, 1.82) is 0 Å². The molecule has 2 rings (SSSR count). The van der Waals surface area contributed by atoms with E-state index in [1.165, 1.54) is 12.1 Å². The van der Waals surface area contributed by atoms with Gasteiger partial charge in [0.25, 0.3) is 0 Å². The number of carboxylic acid groups (broad SMARTS) is 1. The number of carbonyl (C=O) groups excluding carboxylic acids is 1. The van der Waals surface area contributed by atoms with Crippen LogP contribution in [0.1, 0.15) is 12.0 Å². The Labute approximate surface area is 140 Å². The van der Waals surface area contributed by atoms with Gasteiger partial charge in [0.1, 0.15) is 16.4 Å². The van der Waals surface area contributed by atoms with Gasteiger partial charge >= 0.3 is 6.09 Å². The first-order chi connectivity index (χ1) is 10.9. The summed E-state index contributed by atoms with van der Waals surface area (Å²) in [6.07, 6.45) is -0.834. The number of phenolic OH excluding ortho intramolecular Hbond substituents is 1. The van der Waals surface area contributed by atoms with Gasteiger partial charge in [-0.3, -0.25) is 4.79 Å². The summed E-state index contributed by atoms with van der Waals surface area (Å²) in [6.45, 7) is 0.227. The number of hydrogen-bond acceptors (Lipinski definition) is 5. The SMILES string of the molecule is O=C(O)NC(Cc1ccc(O)cc1)C(=O)NC[C@@H]1CC(Br)=NO1. The molecule has 0 aliphatic carbocycles. The fraction of sp³-hybridized carbons (Fsp3) is 0.357. The number of hydrogen-bond donors (Lipinski definition) is 4. The molecule has 0 saturated heterocycles. The lowest BCUT2D eigenvalue weighted by Crippen LogP contribution is -2.49. The smallest absolute Gasteiger partial charge is 0.405 e. The number of amides is 2. The molecule has 1 aliphatic heterocycles. The highest BCUT2D eigenvalue weighted by Crippen LogP contribution is 2.14. The third-order valence-electron chi connectivity index (χ3n) is 3.19. The second-order valence-corrected chi connectivity index (χ2v) is 5.93. The van der Waals surface area contributed by atoms with Crippen molar-refractivity contribution in [3.8, 4) is 5.75 Å². The van der Waals surface area contributed by atoms with Crippen LogP contribution in [0, 0.1) is 0 Å². The summed E-state index contributed by atoms with van der Waals surface area (Å²) in [6, 6.07) is 5.27. The van der Waals surface area contributed by atoms with Crippen LogP contribution in [0.2, 0.25) is 0 Å². The Morgan fingerprint density at radius 1 is 1.39 bits per heavy atom. The van der Waals surface area contributed by atoms with Crippen LogP contribution >= 0.6 is 15.9 Å². The van der Waals surface area contributed by atoms with E-state index >= 15 is 0 Å². The molecule has 4 N–H and O–H groups in total. The predicted octanol–water partition coefficient (Wildman–Crippen LogP) is 1.18.